The van der Waals surface area contributed by atoms with E-state index in [-0.39, 0.29) is 36.6 Å². The van der Waals surface area contributed by atoms with Crippen molar-refractivity contribution in [2.45, 2.75) is 44.2 Å². The molecule has 1 amide bonds. The molecule has 0 bridgehead atoms. The Morgan fingerprint density at radius 3 is 2.38 bits per heavy atom. The SMILES string of the molecule is CN(C(=O)CN(CCO)C1CCCC1)C1CCS(=O)(=O)C1. The van der Waals surface area contributed by atoms with E-state index >= 15 is 0 Å². The number of carbonyl (C=O) groups is 1. The third-order valence-electron chi connectivity index (χ3n) is 4.72. The van der Waals surface area contributed by atoms with Gasteiger partial charge in [-0.25, -0.2) is 8.42 Å². The maximum absolute atomic E-state index is 12.4. The molecule has 1 saturated carbocycles. The zero-order chi connectivity index (χ0) is 15.5. The van der Waals surface area contributed by atoms with Crippen molar-refractivity contribution in [1.82, 2.24) is 9.80 Å². The summed E-state index contributed by atoms with van der Waals surface area (Å²) in [5.74, 6) is 0.217. The molecule has 0 radical (unpaired) electrons. The Hall–Kier alpha value is -0.660. The Balaban J connectivity index is 1.91. The number of aliphatic hydroxyl groups excluding tert-OH is 1. The normalized spacial score (nSPS) is 25.6. The molecule has 2 fully saturated rings. The van der Waals surface area contributed by atoms with E-state index in [4.69, 9.17) is 0 Å². The van der Waals surface area contributed by atoms with Gasteiger partial charge in [0.2, 0.25) is 5.91 Å². The van der Waals surface area contributed by atoms with Crippen molar-refractivity contribution in [1.29, 1.82) is 0 Å². The maximum Gasteiger partial charge on any atom is 0.236 e. The standard InChI is InChI=1S/C14H26N2O4S/c1-15(13-6-9-21(19,20)11-13)14(18)10-16(7-8-17)12-4-2-3-5-12/h12-13,17H,2-11H2,1H3. The van der Waals surface area contributed by atoms with E-state index in [0.29, 0.717) is 19.0 Å². The molecule has 0 aromatic heterocycles. The van der Waals surface area contributed by atoms with Gasteiger partial charge < -0.3 is 10.0 Å². The van der Waals surface area contributed by atoms with Gasteiger partial charge in [0, 0.05) is 25.7 Å². The summed E-state index contributed by atoms with van der Waals surface area (Å²) in [6.07, 6.45) is 5.05. The molecule has 1 saturated heterocycles. The Kier molecular flexibility index (Phi) is 5.62. The highest BCUT2D eigenvalue weighted by Gasteiger charge is 2.33. The molecule has 122 valence electrons. The van der Waals surface area contributed by atoms with E-state index in [2.05, 4.69) is 4.90 Å². The number of rotatable bonds is 6. The Morgan fingerprint density at radius 1 is 1.19 bits per heavy atom. The molecule has 7 heteroatoms. The van der Waals surface area contributed by atoms with Crippen molar-refractivity contribution in [3.05, 3.63) is 0 Å². The molecule has 0 spiro atoms. The molecular weight excluding hydrogens is 292 g/mol. The number of nitrogens with zero attached hydrogens (tertiary/aromatic N) is 2. The van der Waals surface area contributed by atoms with Crippen LogP contribution in [0, 0.1) is 0 Å². The number of sulfone groups is 1. The number of likely N-dealkylation sites (N-methyl/N-ethyl adjacent to an activating group) is 1. The predicted octanol–water partition coefficient (Wildman–Crippen LogP) is -0.131. The molecule has 0 aromatic rings. The van der Waals surface area contributed by atoms with Gasteiger partial charge in [0.25, 0.3) is 0 Å². The minimum absolute atomic E-state index is 0.0440. The summed E-state index contributed by atoms with van der Waals surface area (Å²) >= 11 is 0. The fraction of sp³-hybridized carbons (Fsp3) is 0.929. The van der Waals surface area contributed by atoms with Crippen molar-refractivity contribution in [2.75, 3.05) is 38.2 Å². The summed E-state index contributed by atoms with van der Waals surface area (Å²) in [5, 5.41) is 9.18. The molecular formula is C14H26N2O4S. The lowest BCUT2D eigenvalue weighted by Crippen LogP contribution is -2.47. The summed E-state index contributed by atoms with van der Waals surface area (Å²) in [6, 6.07) is 0.184. The average molecular weight is 318 g/mol. The van der Waals surface area contributed by atoms with Crippen LogP contribution in [-0.2, 0) is 14.6 Å². The van der Waals surface area contributed by atoms with Gasteiger partial charge in [-0.15, -0.1) is 0 Å². The van der Waals surface area contributed by atoms with Crippen molar-refractivity contribution in [3.8, 4) is 0 Å². The molecule has 0 aromatic carbocycles. The number of amides is 1. The summed E-state index contributed by atoms with van der Waals surface area (Å²) < 4.78 is 23.0. The Labute approximate surface area is 127 Å². The second-order valence-electron chi connectivity index (χ2n) is 6.19. The first-order valence-corrected chi connectivity index (χ1v) is 9.56. The lowest BCUT2D eigenvalue weighted by molar-refractivity contribution is -0.133. The second-order valence-corrected chi connectivity index (χ2v) is 8.42. The van der Waals surface area contributed by atoms with Crippen LogP contribution in [0.3, 0.4) is 0 Å². The fourth-order valence-corrected chi connectivity index (χ4v) is 5.13. The summed E-state index contributed by atoms with van der Waals surface area (Å²) in [5.41, 5.74) is 0. The van der Waals surface area contributed by atoms with Gasteiger partial charge in [-0.1, -0.05) is 12.8 Å². The highest BCUT2D eigenvalue weighted by molar-refractivity contribution is 7.91. The van der Waals surface area contributed by atoms with E-state index < -0.39 is 9.84 Å². The molecule has 2 rings (SSSR count). The van der Waals surface area contributed by atoms with Crippen LogP contribution in [0.25, 0.3) is 0 Å². The van der Waals surface area contributed by atoms with E-state index in [9.17, 15) is 18.3 Å². The minimum Gasteiger partial charge on any atom is -0.395 e. The highest BCUT2D eigenvalue weighted by Crippen LogP contribution is 2.23. The van der Waals surface area contributed by atoms with Crippen LogP contribution in [0.5, 0.6) is 0 Å². The largest absolute Gasteiger partial charge is 0.395 e. The molecule has 21 heavy (non-hydrogen) atoms. The van der Waals surface area contributed by atoms with Crippen molar-refractivity contribution < 1.29 is 18.3 Å². The first-order valence-electron chi connectivity index (χ1n) is 7.74. The maximum atomic E-state index is 12.4. The van der Waals surface area contributed by atoms with E-state index in [0.717, 1.165) is 12.8 Å². The van der Waals surface area contributed by atoms with E-state index in [1.54, 1.807) is 11.9 Å². The molecule has 1 aliphatic carbocycles. The van der Waals surface area contributed by atoms with Gasteiger partial charge in [-0.2, -0.15) is 0 Å². The van der Waals surface area contributed by atoms with Crippen LogP contribution in [0.15, 0.2) is 0 Å². The van der Waals surface area contributed by atoms with Gasteiger partial charge in [0.1, 0.15) is 0 Å². The van der Waals surface area contributed by atoms with Crippen LogP contribution in [-0.4, -0.2) is 79.6 Å². The number of hydrogen-bond donors (Lipinski definition) is 1. The quantitative estimate of drug-likeness (QED) is 0.738. The molecule has 1 N–H and O–H groups in total. The molecule has 1 heterocycles. The van der Waals surface area contributed by atoms with Crippen LogP contribution >= 0.6 is 0 Å². The molecule has 1 aliphatic heterocycles. The second kappa shape index (κ2) is 7.07. The first-order chi connectivity index (χ1) is 9.93. The first kappa shape index (κ1) is 16.7. The predicted molar refractivity (Wildman–Crippen MR) is 80.7 cm³/mol. The summed E-state index contributed by atoms with van der Waals surface area (Å²) in [7, 11) is -1.28. The monoisotopic (exact) mass is 318 g/mol. The van der Waals surface area contributed by atoms with Gasteiger partial charge >= 0.3 is 0 Å². The topological polar surface area (TPSA) is 77.9 Å². The Morgan fingerprint density at radius 2 is 1.86 bits per heavy atom. The zero-order valence-electron chi connectivity index (χ0n) is 12.7. The smallest absolute Gasteiger partial charge is 0.236 e. The average Bonchev–Trinajstić information content (AvgIpc) is 3.06. The van der Waals surface area contributed by atoms with E-state index in [1.807, 2.05) is 0 Å². The van der Waals surface area contributed by atoms with Crippen molar-refractivity contribution in [3.63, 3.8) is 0 Å². The van der Waals surface area contributed by atoms with Crippen LogP contribution < -0.4 is 0 Å². The third kappa shape index (κ3) is 4.40. The molecule has 1 unspecified atom stereocenters. The zero-order valence-corrected chi connectivity index (χ0v) is 13.5. The third-order valence-corrected chi connectivity index (χ3v) is 6.47. The number of carbonyl (C=O) groups excluding carboxylic acids is 1. The number of aliphatic hydroxyl groups is 1. The lowest BCUT2D eigenvalue weighted by atomic mass is 10.2. The minimum atomic E-state index is -2.98. The summed E-state index contributed by atoms with van der Waals surface area (Å²) in [6.45, 7) is 0.830. The lowest BCUT2D eigenvalue weighted by Gasteiger charge is -2.31. The van der Waals surface area contributed by atoms with E-state index in [1.165, 1.54) is 12.8 Å². The van der Waals surface area contributed by atoms with Crippen LogP contribution in [0.2, 0.25) is 0 Å². The van der Waals surface area contributed by atoms with Crippen LogP contribution in [0.4, 0.5) is 0 Å². The van der Waals surface area contributed by atoms with Gasteiger partial charge in [0.15, 0.2) is 9.84 Å². The molecule has 6 nitrogen and oxygen atoms in total. The highest BCUT2D eigenvalue weighted by atomic mass is 32.2. The van der Waals surface area contributed by atoms with Gasteiger partial charge in [-0.05, 0) is 19.3 Å². The Bertz CT molecular complexity index is 460. The van der Waals surface area contributed by atoms with Crippen LogP contribution in [0.1, 0.15) is 32.1 Å². The van der Waals surface area contributed by atoms with Crippen molar-refractivity contribution in [2.24, 2.45) is 0 Å². The van der Waals surface area contributed by atoms with Crippen molar-refractivity contribution >= 4 is 15.7 Å². The summed E-state index contributed by atoms with van der Waals surface area (Å²) in [4.78, 5) is 16.0. The fourth-order valence-electron chi connectivity index (χ4n) is 3.36. The van der Waals surface area contributed by atoms with Gasteiger partial charge in [-0.3, -0.25) is 9.69 Å². The number of hydrogen-bond acceptors (Lipinski definition) is 5. The van der Waals surface area contributed by atoms with Gasteiger partial charge in [0.05, 0.1) is 24.7 Å². The molecule has 1 atom stereocenters. The molecule has 2 aliphatic rings.